The van der Waals surface area contributed by atoms with Crippen molar-refractivity contribution in [3.05, 3.63) is 65.7 Å². The third kappa shape index (κ3) is 2.47. The van der Waals surface area contributed by atoms with E-state index in [9.17, 15) is 4.79 Å². The van der Waals surface area contributed by atoms with E-state index in [1.54, 1.807) is 7.11 Å². The minimum atomic E-state index is -1.02. The molecular formula is C20H20O4. The van der Waals surface area contributed by atoms with E-state index < -0.39 is 5.60 Å². The molecule has 4 heteroatoms. The lowest BCUT2D eigenvalue weighted by Gasteiger charge is -2.27. The smallest absolute Gasteiger partial charge is 0.346 e. The minimum absolute atomic E-state index is 0.0406. The summed E-state index contributed by atoms with van der Waals surface area (Å²) in [4.78, 5) is 12.9. The average molecular weight is 324 g/mol. The van der Waals surface area contributed by atoms with Crippen LogP contribution in [0.4, 0.5) is 0 Å². The highest BCUT2D eigenvalue weighted by Crippen LogP contribution is 2.58. The first-order valence-corrected chi connectivity index (χ1v) is 8.32. The Morgan fingerprint density at radius 1 is 1.08 bits per heavy atom. The van der Waals surface area contributed by atoms with E-state index in [4.69, 9.17) is 14.2 Å². The monoisotopic (exact) mass is 324 g/mol. The van der Waals surface area contributed by atoms with Crippen molar-refractivity contribution in [2.24, 2.45) is 0 Å². The molecule has 0 amide bonds. The second-order valence-corrected chi connectivity index (χ2v) is 6.33. The summed E-state index contributed by atoms with van der Waals surface area (Å²) < 4.78 is 16.8. The number of ether oxygens (including phenoxy) is 3. The molecule has 0 radical (unpaired) electrons. The second-order valence-electron chi connectivity index (χ2n) is 6.33. The standard InChI is InChI=1S/C20H20O4/c1-22-16-12-10-14(11-13-16)18-20(24-18,15-6-3-2-4-7-15)19(21)23-17-8-5-9-17/h2-4,6-7,10-13,17-18H,5,8-9H2,1H3. The van der Waals surface area contributed by atoms with Crippen molar-refractivity contribution >= 4 is 5.97 Å². The molecule has 1 saturated carbocycles. The highest BCUT2D eigenvalue weighted by atomic mass is 16.7. The Hall–Kier alpha value is -2.33. The summed E-state index contributed by atoms with van der Waals surface area (Å²) in [6, 6.07) is 17.2. The molecule has 2 aliphatic rings. The van der Waals surface area contributed by atoms with Crippen LogP contribution in [0.3, 0.4) is 0 Å². The fourth-order valence-corrected chi connectivity index (χ4v) is 3.14. The van der Waals surface area contributed by atoms with E-state index in [0.29, 0.717) is 0 Å². The molecule has 1 aliphatic heterocycles. The quantitative estimate of drug-likeness (QED) is 0.621. The highest BCUT2D eigenvalue weighted by Gasteiger charge is 2.66. The van der Waals surface area contributed by atoms with Crippen molar-refractivity contribution in [3.63, 3.8) is 0 Å². The van der Waals surface area contributed by atoms with Gasteiger partial charge in [0.2, 0.25) is 5.60 Å². The summed E-state index contributed by atoms with van der Waals surface area (Å²) in [5.41, 5.74) is 0.770. The zero-order valence-corrected chi connectivity index (χ0v) is 13.6. The lowest BCUT2D eigenvalue weighted by atomic mass is 9.91. The first kappa shape index (κ1) is 15.2. The molecule has 0 bridgehead atoms. The molecule has 4 rings (SSSR count). The van der Waals surface area contributed by atoms with Gasteiger partial charge in [0.1, 0.15) is 18.0 Å². The predicted molar refractivity (Wildman–Crippen MR) is 88.7 cm³/mol. The first-order valence-electron chi connectivity index (χ1n) is 8.32. The van der Waals surface area contributed by atoms with Crippen molar-refractivity contribution in [3.8, 4) is 5.75 Å². The molecule has 0 aromatic heterocycles. The summed E-state index contributed by atoms with van der Waals surface area (Å²) >= 11 is 0. The van der Waals surface area contributed by atoms with Crippen molar-refractivity contribution in [1.29, 1.82) is 0 Å². The van der Waals surface area contributed by atoms with E-state index in [-0.39, 0.29) is 18.2 Å². The van der Waals surface area contributed by atoms with Gasteiger partial charge in [0.05, 0.1) is 7.11 Å². The summed E-state index contributed by atoms with van der Waals surface area (Å²) in [7, 11) is 1.63. The van der Waals surface area contributed by atoms with Crippen LogP contribution in [0.25, 0.3) is 0 Å². The maximum Gasteiger partial charge on any atom is 0.346 e. The van der Waals surface area contributed by atoms with E-state index in [0.717, 1.165) is 36.1 Å². The van der Waals surface area contributed by atoms with Crippen LogP contribution in [0, 0.1) is 0 Å². The van der Waals surface area contributed by atoms with Crippen LogP contribution in [0.5, 0.6) is 5.75 Å². The van der Waals surface area contributed by atoms with Crippen molar-refractivity contribution in [1.82, 2.24) is 0 Å². The highest BCUT2D eigenvalue weighted by molar-refractivity contribution is 5.86. The molecule has 2 unspecified atom stereocenters. The van der Waals surface area contributed by atoms with Crippen molar-refractivity contribution in [2.45, 2.75) is 37.1 Å². The zero-order valence-electron chi connectivity index (χ0n) is 13.6. The second kappa shape index (κ2) is 5.95. The first-order chi connectivity index (χ1) is 11.7. The fourth-order valence-electron chi connectivity index (χ4n) is 3.14. The van der Waals surface area contributed by atoms with Crippen LogP contribution in [0.1, 0.15) is 36.5 Å². The molecule has 2 fully saturated rings. The van der Waals surface area contributed by atoms with Crippen LogP contribution < -0.4 is 4.74 Å². The van der Waals surface area contributed by atoms with Gasteiger partial charge in [0.25, 0.3) is 0 Å². The number of rotatable bonds is 5. The van der Waals surface area contributed by atoms with Crippen molar-refractivity contribution in [2.75, 3.05) is 7.11 Å². The van der Waals surface area contributed by atoms with Gasteiger partial charge in [-0.15, -0.1) is 0 Å². The predicted octanol–water partition coefficient (Wildman–Crippen LogP) is 3.76. The normalized spacial score (nSPS) is 25.6. The Balaban J connectivity index is 1.63. The Bertz CT molecular complexity index is 721. The third-order valence-electron chi connectivity index (χ3n) is 4.87. The molecule has 0 spiro atoms. The molecule has 2 aromatic carbocycles. The van der Waals surface area contributed by atoms with Gasteiger partial charge in [0, 0.05) is 0 Å². The Morgan fingerprint density at radius 3 is 2.38 bits per heavy atom. The maximum absolute atomic E-state index is 12.9. The van der Waals surface area contributed by atoms with Crippen LogP contribution in [0.2, 0.25) is 0 Å². The molecule has 0 N–H and O–H groups in total. The SMILES string of the molecule is COc1ccc(C2OC2(C(=O)OC2CCC2)c2ccccc2)cc1. The number of carbonyl (C=O) groups is 1. The number of hydrogen-bond donors (Lipinski definition) is 0. The minimum Gasteiger partial charge on any atom is -0.497 e. The van der Waals surface area contributed by atoms with E-state index in [2.05, 4.69) is 0 Å². The number of epoxide rings is 1. The molecule has 24 heavy (non-hydrogen) atoms. The molecule has 1 heterocycles. The van der Waals surface area contributed by atoms with E-state index >= 15 is 0 Å². The third-order valence-corrected chi connectivity index (χ3v) is 4.87. The fraction of sp³-hybridized carbons (Fsp3) is 0.350. The number of benzene rings is 2. The molecule has 124 valence electrons. The molecule has 2 aromatic rings. The summed E-state index contributed by atoms with van der Waals surface area (Å²) in [6.07, 6.45) is 2.74. The van der Waals surface area contributed by atoms with E-state index in [1.807, 2.05) is 54.6 Å². The van der Waals surface area contributed by atoms with Gasteiger partial charge in [-0.1, -0.05) is 42.5 Å². The van der Waals surface area contributed by atoms with Gasteiger partial charge in [-0.3, -0.25) is 0 Å². The lowest BCUT2D eigenvalue weighted by molar-refractivity contribution is -0.160. The van der Waals surface area contributed by atoms with Crippen LogP contribution in [0.15, 0.2) is 54.6 Å². The van der Waals surface area contributed by atoms with Gasteiger partial charge >= 0.3 is 5.97 Å². The Labute approximate surface area is 141 Å². The Morgan fingerprint density at radius 2 is 1.79 bits per heavy atom. The number of methoxy groups -OCH3 is 1. The maximum atomic E-state index is 12.9. The van der Waals surface area contributed by atoms with Crippen LogP contribution >= 0.6 is 0 Å². The molecule has 4 nitrogen and oxygen atoms in total. The van der Waals surface area contributed by atoms with E-state index in [1.165, 1.54) is 0 Å². The zero-order chi connectivity index (χ0) is 16.6. The number of esters is 1. The van der Waals surface area contributed by atoms with Gasteiger partial charge < -0.3 is 14.2 Å². The summed E-state index contributed by atoms with van der Waals surface area (Å²) in [5, 5.41) is 0. The molecule has 1 saturated heterocycles. The van der Waals surface area contributed by atoms with Crippen LogP contribution in [-0.2, 0) is 19.9 Å². The van der Waals surface area contributed by atoms with Gasteiger partial charge in [-0.25, -0.2) is 4.79 Å². The number of carbonyl (C=O) groups excluding carboxylic acids is 1. The molecule has 2 atom stereocenters. The average Bonchev–Trinajstić information content (AvgIpc) is 3.36. The topological polar surface area (TPSA) is 48.1 Å². The number of hydrogen-bond acceptors (Lipinski definition) is 4. The molecular weight excluding hydrogens is 304 g/mol. The van der Waals surface area contributed by atoms with Gasteiger partial charge in [-0.05, 0) is 42.5 Å². The van der Waals surface area contributed by atoms with Gasteiger partial charge in [-0.2, -0.15) is 0 Å². The van der Waals surface area contributed by atoms with Gasteiger partial charge in [0.15, 0.2) is 0 Å². The molecule has 1 aliphatic carbocycles. The Kier molecular flexibility index (Phi) is 3.77. The lowest BCUT2D eigenvalue weighted by Crippen LogP contribution is -2.33. The van der Waals surface area contributed by atoms with Crippen molar-refractivity contribution < 1.29 is 19.0 Å². The largest absolute Gasteiger partial charge is 0.497 e. The van der Waals surface area contributed by atoms with Crippen LogP contribution in [-0.4, -0.2) is 19.2 Å². The summed E-state index contributed by atoms with van der Waals surface area (Å²) in [6.45, 7) is 0. The summed E-state index contributed by atoms with van der Waals surface area (Å²) in [5.74, 6) is 0.501.